The summed E-state index contributed by atoms with van der Waals surface area (Å²) in [5, 5.41) is 9.51. The molecule has 5 rings (SSSR count). The number of nitrogens with zero attached hydrogens (tertiary/aromatic N) is 2. The van der Waals surface area contributed by atoms with Crippen LogP contribution in [0.15, 0.2) is 72.8 Å². The van der Waals surface area contributed by atoms with Crippen LogP contribution in [0.2, 0.25) is 0 Å². The number of carboxylic acid groups (broad SMARTS) is 1. The number of hydrogen-bond acceptors (Lipinski definition) is 4. The van der Waals surface area contributed by atoms with Gasteiger partial charge in [0.2, 0.25) is 0 Å². The lowest BCUT2D eigenvalue weighted by atomic mass is 9.93. The van der Waals surface area contributed by atoms with Gasteiger partial charge < -0.3 is 14.7 Å². The van der Waals surface area contributed by atoms with E-state index in [-0.39, 0.29) is 11.4 Å². The minimum atomic E-state index is -0.952. The molecule has 168 valence electrons. The van der Waals surface area contributed by atoms with Gasteiger partial charge in [0, 0.05) is 44.0 Å². The molecule has 0 radical (unpaired) electrons. The molecule has 2 aliphatic heterocycles. The quantitative estimate of drug-likeness (QED) is 0.634. The first kappa shape index (κ1) is 21.2. The maximum atomic E-state index is 13.2. The molecular formula is C27H25FN2O3. The highest BCUT2D eigenvalue weighted by molar-refractivity contribution is 5.92. The van der Waals surface area contributed by atoms with Crippen LogP contribution in [0.3, 0.4) is 0 Å². The van der Waals surface area contributed by atoms with Gasteiger partial charge in [-0.05, 0) is 59.2 Å². The Morgan fingerprint density at radius 3 is 2.48 bits per heavy atom. The molecule has 0 aliphatic carbocycles. The summed E-state index contributed by atoms with van der Waals surface area (Å²) in [6.07, 6.45) is 2.19. The van der Waals surface area contributed by atoms with Crippen molar-refractivity contribution in [2.24, 2.45) is 0 Å². The standard InChI is InChI=1S/C27H25FN2O3/c28-21-6-8-22(9-7-21)30-15-13-29(14-16-30)12-11-24-23-4-2-1-3-20(23)18-33-26-10-5-19(27(31)32)17-25(24)26/h1-11,17H,12-16,18H2,(H,31,32)/b24-11+. The van der Waals surface area contributed by atoms with Crippen molar-refractivity contribution in [2.75, 3.05) is 37.6 Å². The first-order chi connectivity index (χ1) is 16.1. The molecule has 1 N–H and O–H groups in total. The van der Waals surface area contributed by atoms with E-state index in [0.29, 0.717) is 12.4 Å². The molecule has 0 aromatic heterocycles. The maximum Gasteiger partial charge on any atom is 0.335 e. The van der Waals surface area contributed by atoms with E-state index < -0.39 is 5.97 Å². The third-order valence-corrected chi connectivity index (χ3v) is 6.33. The second-order valence-electron chi connectivity index (χ2n) is 8.34. The number of anilines is 1. The Bertz CT molecular complexity index is 1200. The maximum absolute atomic E-state index is 13.2. The second-order valence-corrected chi connectivity index (χ2v) is 8.34. The van der Waals surface area contributed by atoms with E-state index in [4.69, 9.17) is 4.74 Å². The predicted molar refractivity (Wildman–Crippen MR) is 126 cm³/mol. The zero-order valence-corrected chi connectivity index (χ0v) is 18.2. The second kappa shape index (κ2) is 9.08. The van der Waals surface area contributed by atoms with Crippen molar-refractivity contribution in [3.8, 4) is 5.75 Å². The van der Waals surface area contributed by atoms with Gasteiger partial charge in [0.25, 0.3) is 0 Å². The molecule has 2 aliphatic rings. The molecular weight excluding hydrogens is 419 g/mol. The first-order valence-electron chi connectivity index (χ1n) is 11.1. The number of piperazine rings is 1. The largest absolute Gasteiger partial charge is 0.488 e. The number of aromatic carboxylic acids is 1. The fourth-order valence-corrected chi connectivity index (χ4v) is 4.49. The molecule has 1 saturated heterocycles. The average Bonchev–Trinajstić information content (AvgIpc) is 3.00. The van der Waals surface area contributed by atoms with Crippen LogP contribution in [0, 0.1) is 5.82 Å². The molecule has 0 bridgehead atoms. The normalized spacial score (nSPS) is 17.1. The number of carbonyl (C=O) groups is 1. The van der Waals surface area contributed by atoms with Gasteiger partial charge in [-0.3, -0.25) is 4.90 Å². The smallest absolute Gasteiger partial charge is 0.335 e. The van der Waals surface area contributed by atoms with Crippen molar-refractivity contribution in [1.82, 2.24) is 4.90 Å². The molecule has 3 aromatic carbocycles. The van der Waals surface area contributed by atoms with E-state index in [1.807, 2.05) is 24.3 Å². The lowest BCUT2D eigenvalue weighted by Crippen LogP contribution is -2.46. The highest BCUT2D eigenvalue weighted by Gasteiger charge is 2.22. The van der Waals surface area contributed by atoms with Gasteiger partial charge in [0.05, 0.1) is 5.56 Å². The van der Waals surface area contributed by atoms with Crippen LogP contribution in [-0.2, 0) is 6.61 Å². The zero-order chi connectivity index (χ0) is 22.8. The number of fused-ring (bicyclic) bond motifs is 2. The van der Waals surface area contributed by atoms with Crippen LogP contribution in [-0.4, -0.2) is 48.7 Å². The molecule has 1 fully saturated rings. The highest BCUT2D eigenvalue weighted by atomic mass is 19.1. The van der Waals surface area contributed by atoms with Gasteiger partial charge in [-0.25, -0.2) is 9.18 Å². The summed E-state index contributed by atoms with van der Waals surface area (Å²) in [5.74, 6) is -0.474. The van der Waals surface area contributed by atoms with Crippen molar-refractivity contribution in [2.45, 2.75) is 6.61 Å². The Hall–Kier alpha value is -3.64. The third-order valence-electron chi connectivity index (χ3n) is 6.33. The summed E-state index contributed by atoms with van der Waals surface area (Å²) in [6, 6.07) is 19.8. The number of carboxylic acids is 1. The van der Waals surface area contributed by atoms with E-state index in [9.17, 15) is 14.3 Å². The Balaban J connectivity index is 1.39. The van der Waals surface area contributed by atoms with E-state index in [1.54, 1.807) is 18.2 Å². The summed E-state index contributed by atoms with van der Waals surface area (Å²) < 4.78 is 19.3. The van der Waals surface area contributed by atoms with E-state index in [1.165, 1.54) is 12.1 Å². The summed E-state index contributed by atoms with van der Waals surface area (Å²) in [6.45, 7) is 4.71. The molecule has 0 saturated carbocycles. The summed E-state index contributed by atoms with van der Waals surface area (Å²) in [7, 11) is 0. The highest BCUT2D eigenvalue weighted by Crippen LogP contribution is 2.37. The van der Waals surface area contributed by atoms with Gasteiger partial charge in [-0.15, -0.1) is 0 Å². The molecule has 33 heavy (non-hydrogen) atoms. The molecule has 2 heterocycles. The fourth-order valence-electron chi connectivity index (χ4n) is 4.49. The average molecular weight is 445 g/mol. The molecule has 0 amide bonds. The van der Waals surface area contributed by atoms with Crippen LogP contribution < -0.4 is 9.64 Å². The molecule has 0 spiro atoms. The van der Waals surface area contributed by atoms with Crippen LogP contribution >= 0.6 is 0 Å². The monoisotopic (exact) mass is 444 g/mol. The van der Waals surface area contributed by atoms with Gasteiger partial charge in [0.1, 0.15) is 18.2 Å². The number of hydrogen-bond donors (Lipinski definition) is 1. The first-order valence-corrected chi connectivity index (χ1v) is 11.1. The molecule has 6 heteroatoms. The molecule has 5 nitrogen and oxygen atoms in total. The molecule has 3 aromatic rings. The predicted octanol–water partition coefficient (Wildman–Crippen LogP) is 4.67. The minimum absolute atomic E-state index is 0.219. The summed E-state index contributed by atoms with van der Waals surface area (Å²) in [5.41, 5.74) is 5.25. The lowest BCUT2D eigenvalue weighted by Gasteiger charge is -2.35. The number of halogens is 1. The Morgan fingerprint density at radius 2 is 1.73 bits per heavy atom. The van der Waals surface area contributed by atoms with Crippen molar-refractivity contribution in [3.05, 3.63) is 101 Å². The number of rotatable bonds is 4. The van der Waals surface area contributed by atoms with E-state index in [2.05, 4.69) is 28.0 Å². The zero-order valence-electron chi connectivity index (χ0n) is 18.2. The summed E-state index contributed by atoms with van der Waals surface area (Å²) in [4.78, 5) is 16.2. The SMILES string of the molecule is O=C(O)c1ccc2c(c1)/C(=C/CN1CCN(c3ccc(F)cc3)CC1)c1ccccc1CO2. The van der Waals surface area contributed by atoms with Crippen LogP contribution in [0.1, 0.15) is 27.0 Å². The van der Waals surface area contributed by atoms with E-state index in [0.717, 1.165) is 60.7 Å². The number of ether oxygens (including phenoxy) is 1. The van der Waals surface area contributed by atoms with Crippen molar-refractivity contribution < 1.29 is 19.0 Å². The lowest BCUT2D eigenvalue weighted by molar-refractivity contribution is 0.0697. The van der Waals surface area contributed by atoms with Gasteiger partial charge >= 0.3 is 5.97 Å². The minimum Gasteiger partial charge on any atom is -0.488 e. The topological polar surface area (TPSA) is 53.0 Å². The molecule has 0 atom stereocenters. The third kappa shape index (κ3) is 4.47. The van der Waals surface area contributed by atoms with Crippen molar-refractivity contribution in [3.63, 3.8) is 0 Å². The Labute approximate surface area is 192 Å². The van der Waals surface area contributed by atoms with Crippen molar-refractivity contribution in [1.29, 1.82) is 0 Å². The summed E-state index contributed by atoms with van der Waals surface area (Å²) >= 11 is 0. The Morgan fingerprint density at radius 1 is 0.970 bits per heavy atom. The van der Waals surface area contributed by atoms with E-state index >= 15 is 0 Å². The Kier molecular flexibility index (Phi) is 5.84. The van der Waals surface area contributed by atoms with Crippen LogP contribution in [0.5, 0.6) is 5.75 Å². The van der Waals surface area contributed by atoms with Gasteiger partial charge in [-0.1, -0.05) is 30.3 Å². The number of benzene rings is 3. The van der Waals surface area contributed by atoms with Crippen LogP contribution in [0.25, 0.3) is 5.57 Å². The van der Waals surface area contributed by atoms with Crippen LogP contribution in [0.4, 0.5) is 10.1 Å². The fraction of sp³-hybridized carbons (Fsp3) is 0.222. The van der Waals surface area contributed by atoms with Gasteiger partial charge in [0.15, 0.2) is 0 Å². The molecule has 0 unspecified atom stereocenters. The van der Waals surface area contributed by atoms with Crippen molar-refractivity contribution >= 4 is 17.2 Å². The van der Waals surface area contributed by atoms with Gasteiger partial charge in [-0.2, -0.15) is 0 Å².